The van der Waals surface area contributed by atoms with Gasteiger partial charge in [-0.05, 0) is 49.4 Å². The lowest BCUT2D eigenvalue weighted by atomic mass is 9.72. The summed E-state index contributed by atoms with van der Waals surface area (Å²) in [5, 5.41) is 3.30. The highest BCUT2D eigenvalue weighted by molar-refractivity contribution is 6.04. The summed E-state index contributed by atoms with van der Waals surface area (Å²) in [5.41, 5.74) is 4.05. The highest BCUT2D eigenvalue weighted by Crippen LogP contribution is 2.45. The van der Waals surface area contributed by atoms with Crippen molar-refractivity contribution in [2.45, 2.75) is 38.5 Å². The molecular formula is C25H24FNO3. The Kier molecular flexibility index (Phi) is 5.53. The highest BCUT2D eigenvalue weighted by Gasteiger charge is 2.41. The van der Waals surface area contributed by atoms with E-state index in [1.807, 2.05) is 30.3 Å². The number of carbonyl (C=O) groups is 2. The first-order valence-electron chi connectivity index (χ1n) is 10.2. The van der Waals surface area contributed by atoms with Gasteiger partial charge in [-0.15, -0.1) is 0 Å². The normalized spacial score (nSPS) is 21.2. The molecule has 0 radical (unpaired) electrons. The molecule has 0 fully saturated rings. The summed E-state index contributed by atoms with van der Waals surface area (Å²) in [6, 6.07) is 16.1. The number of hydrogen-bond acceptors (Lipinski definition) is 4. The van der Waals surface area contributed by atoms with Crippen LogP contribution in [-0.2, 0) is 14.3 Å². The van der Waals surface area contributed by atoms with Crippen LogP contribution >= 0.6 is 0 Å². The summed E-state index contributed by atoms with van der Waals surface area (Å²) in [5.74, 6) is -1.49. The Bertz CT molecular complexity index is 1060. The van der Waals surface area contributed by atoms with E-state index in [1.165, 1.54) is 12.1 Å². The Balaban J connectivity index is 1.81. The van der Waals surface area contributed by atoms with Crippen molar-refractivity contribution in [3.05, 3.63) is 94.1 Å². The number of nitrogens with one attached hydrogen (secondary N) is 1. The third-order valence-electron chi connectivity index (χ3n) is 5.78. The molecule has 1 heterocycles. The molecule has 2 aromatic carbocycles. The van der Waals surface area contributed by atoms with E-state index in [-0.39, 0.29) is 18.3 Å². The van der Waals surface area contributed by atoms with E-state index in [1.54, 1.807) is 26.0 Å². The van der Waals surface area contributed by atoms with Gasteiger partial charge in [0.2, 0.25) is 0 Å². The number of halogens is 1. The van der Waals surface area contributed by atoms with E-state index in [4.69, 9.17) is 4.74 Å². The highest BCUT2D eigenvalue weighted by atomic mass is 19.1. The summed E-state index contributed by atoms with van der Waals surface area (Å²) in [6.07, 6.45) is 1.01. The van der Waals surface area contributed by atoms with Gasteiger partial charge in [-0.2, -0.15) is 0 Å². The SMILES string of the molecule is CCOC(=O)C1=C(C)NC2=C(C(=O)C[C@H](c3ccccc3)C2)[C@@H]1c1cccc(F)c1. The maximum atomic E-state index is 14.1. The van der Waals surface area contributed by atoms with Crippen LogP contribution in [0.3, 0.4) is 0 Å². The summed E-state index contributed by atoms with van der Waals surface area (Å²) >= 11 is 0. The summed E-state index contributed by atoms with van der Waals surface area (Å²) < 4.78 is 19.3. The first-order valence-corrected chi connectivity index (χ1v) is 10.2. The fourth-order valence-electron chi connectivity index (χ4n) is 4.50. The second kappa shape index (κ2) is 8.27. The number of Topliss-reactive ketones (excluding diaryl/α,β-unsaturated/α-hetero) is 1. The van der Waals surface area contributed by atoms with E-state index >= 15 is 0 Å². The van der Waals surface area contributed by atoms with Crippen LogP contribution in [0.1, 0.15) is 49.7 Å². The van der Waals surface area contributed by atoms with Gasteiger partial charge in [0.15, 0.2) is 5.78 Å². The molecule has 2 atom stereocenters. The molecule has 2 aromatic rings. The molecule has 0 bridgehead atoms. The van der Waals surface area contributed by atoms with E-state index in [9.17, 15) is 14.0 Å². The van der Waals surface area contributed by atoms with Crippen LogP contribution in [0.2, 0.25) is 0 Å². The Morgan fingerprint density at radius 2 is 1.83 bits per heavy atom. The van der Waals surface area contributed by atoms with Gasteiger partial charge < -0.3 is 10.1 Å². The second-order valence-corrected chi connectivity index (χ2v) is 7.70. The average molecular weight is 405 g/mol. The number of hydrogen-bond donors (Lipinski definition) is 1. The van der Waals surface area contributed by atoms with Crippen molar-refractivity contribution in [2.24, 2.45) is 0 Å². The van der Waals surface area contributed by atoms with Gasteiger partial charge in [0, 0.05) is 29.3 Å². The zero-order valence-electron chi connectivity index (χ0n) is 17.1. The Labute approximate surface area is 175 Å². The number of allylic oxidation sites excluding steroid dienone is 3. The van der Waals surface area contributed by atoms with Crippen molar-refractivity contribution in [3.8, 4) is 0 Å². The molecule has 1 aliphatic carbocycles. The molecule has 0 saturated heterocycles. The molecule has 2 aliphatic rings. The number of dihydropyridines is 1. The average Bonchev–Trinajstić information content (AvgIpc) is 2.73. The first-order chi connectivity index (χ1) is 14.5. The molecule has 4 rings (SSSR count). The standard InChI is InChI=1S/C25H24FNO3/c1-3-30-25(29)22-15(2)27-20-13-18(16-8-5-4-6-9-16)14-21(28)24(20)23(22)17-10-7-11-19(26)12-17/h4-12,18,23,27H,3,13-14H2,1-2H3/t18-,23-/m1/s1. The Morgan fingerprint density at radius 3 is 2.53 bits per heavy atom. The second-order valence-electron chi connectivity index (χ2n) is 7.70. The lowest BCUT2D eigenvalue weighted by Crippen LogP contribution is -2.36. The van der Waals surface area contributed by atoms with Crippen molar-refractivity contribution in [3.63, 3.8) is 0 Å². The van der Waals surface area contributed by atoms with Crippen LogP contribution < -0.4 is 5.32 Å². The van der Waals surface area contributed by atoms with Crippen molar-refractivity contribution in [2.75, 3.05) is 6.61 Å². The third-order valence-corrected chi connectivity index (χ3v) is 5.78. The molecule has 0 spiro atoms. The third kappa shape index (κ3) is 3.67. The van der Waals surface area contributed by atoms with Crippen molar-refractivity contribution in [1.82, 2.24) is 5.32 Å². The molecule has 0 aromatic heterocycles. The lowest BCUT2D eigenvalue weighted by molar-refractivity contribution is -0.138. The first kappa shape index (κ1) is 20.1. The fourth-order valence-corrected chi connectivity index (χ4v) is 4.50. The van der Waals surface area contributed by atoms with E-state index < -0.39 is 17.7 Å². The molecule has 5 heteroatoms. The number of esters is 1. The number of rotatable bonds is 4. The zero-order valence-corrected chi connectivity index (χ0v) is 17.1. The van der Waals surface area contributed by atoms with Crippen LogP contribution in [0.25, 0.3) is 0 Å². The molecule has 4 nitrogen and oxygen atoms in total. The minimum absolute atomic E-state index is 0.0267. The largest absolute Gasteiger partial charge is 0.463 e. The molecule has 30 heavy (non-hydrogen) atoms. The number of ketones is 1. The minimum atomic E-state index is -0.639. The quantitative estimate of drug-likeness (QED) is 0.746. The van der Waals surface area contributed by atoms with E-state index in [2.05, 4.69) is 5.32 Å². The zero-order chi connectivity index (χ0) is 21.3. The van der Waals surface area contributed by atoms with Crippen LogP contribution in [0.5, 0.6) is 0 Å². The monoisotopic (exact) mass is 405 g/mol. The van der Waals surface area contributed by atoms with Gasteiger partial charge in [0.05, 0.1) is 12.2 Å². The summed E-state index contributed by atoms with van der Waals surface area (Å²) in [7, 11) is 0. The van der Waals surface area contributed by atoms with Crippen LogP contribution in [-0.4, -0.2) is 18.4 Å². The molecule has 154 valence electrons. The van der Waals surface area contributed by atoms with Crippen LogP contribution in [0, 0.1) is 5.82 Å². The molecule has 0 unspecified atom stereocenters. The Hall–Kier alpha value is -3.21. The van der Waals surface area contributed by atoms with Crippen LogP contribution in [0.4, 0.5) is 4.39 Å². The molecule has 0 amide bonds. The maximum absolute atomic E-state index is 14.1. The number of carbonyl (C=O) groups excluding carboxylic acids is 2. The van der Waals surface area contributed by atoms with E-state index in [0.29, 0.717) is 35.2 Å². The van der Waals surface area contributed by atoms with Crippen LogP contribution in [0.15, 0.2) is 77.1 Å². The smallest absolute Gasteiger partial charge is 0.336 e. The van der Waals surface area contributed by atoms with Gasteiger partial charge in [0.25, 0.3) is 0 Å². The van der Waals surface area contributed by atoms with E-state index in [0.717, 1.165) is 11.3 Å². The van der Waals surface area contributed by atoms with Crippen molar-refractivity contribution < 1.29 is 18.7 Å². The fraction of sp³-hybridized carbons (Fsp3) is 0.280. The van der Waals surface area contributed by atoms with Gasteiger partial charge in [-0.3, -0.25) is 4.79 Å². The molecule has 1 aliphatic heterocycles. The predicted molar refractivity (Wildman–Crippen MR) is 112 cm³/mol. The number of benzene rings is 2. The topological polar surface area (TPSA) is 55.4 Å². The predicted octanol–water partition coefficient (Wildman–Crippen LogP) is 4.75. The molecule has 0 saturated carbocycles. The minimum Gasteiger partial charge on any atom is -0.463 e. The molecular weight excluding hydrogens is 381 g/mol. The Morgan fingerprint density at radius 1 is 1.10 bits per heavy atom. The molecule has 1 N–H and O–H groups in total. The van der Waals surface area contributed by atoms with Crippen molar-refractivity contribution >= 4 is 11.8 Å². The lowest BCUT2D eigenvalue weighted by Gasteiger charge is -2.36. The number of ether oxygens (including phenoxy) is 1. The summed E-state index contributed by atoms with van der Waals surface area (Å²) in [4.78, 5) is 26.1. The van der Waals surface area contributed by atoms with Gasteiger partial charge in [0.1, 0.15) is 5.82 Å². The maximum Gasteiger partial charge on any atom is 0.336 e. The van der Waals surface area contributed by atoms with Gasteiger partial charge >= 0.3 is 5.97 Å². The van der Waals surface area contributed by atoms with Crippen molar-refractivity contribution in [1.29, 1.82) is 0 Å². The van der Waals surface area contributed by atoms with Gasteiger partial charge in [-0.1, -0.05) is 42.5 Å². The summed E-state index contributed by atoms with van der Waals surface area (Å²) in [6.45, 7) is 3.77. The van der Waals surface area contributed by atoms with Gasteiger partial charge in [-0.25, -0.2) is 9.18 Å².